The minimum absolute atomic E-state index is 0.237. The number of carboxylic acid groups (broad SMARTS) is 1. The van der Waals surface area contributed by atoms with Gasteiger partial charge < -0.3 is 16.2 Å². The first-order valence-electron chi connectivity index (χ1n) is 8.97. The summed E-state index contributed by atoms with van der Waals surface area (Å²) in [5, 5.41) is 16.0. The monoisotopic (exact) mass is 417 g/mol. The molecular formula is C20H24ClN5O3. The fraction of sp³-hybridized carbons (Fsp3) is 0.250. The van der Waals surface area contributed by atoms with Crippen LogP contribution in [0, 0.1) is 5.92 Å². The predicted molar refractivity (Wildman–Crippen MR) is 113 cm³/mol. The van der Waals surface area contributed by atoms with Crippen LogP contribution in [0.25, 0.3) is 11.1 Å². The maximum atomic E-state index is 12.1. The molecule has 2 aromatic carbocycles. The van der Waals surface area contributed by atoms with Crippen molar-refractivity contribution in [2.45, 2.75) is 25.8 Å². The van der Waals surface area contributed by atoms with Crippen molar-refractivity contribution in [2.75, 3.05) is 0 Å². The molecule has 7 N–H and O–H groups in total. The van der Waals surface area contributed by atoms with Crippen molar-refractivity contribution in [1.29, 1.82) is 0 Å². The van der Waals surface area contributed by atoms with Crippen LogP contribution in [0.2, 0.25) is 5.02 Å². The van der Waals surface area contributed by atoms with Crippen LogP contribution in [0.1, 0.15) is 18.9 Å². The number of benzene rings is 2. The van der Waals surface area contributed by atoms with Crippen LogP contribution in [0.3, 0.4) is 0 Å². The molecule has 0 saturated heterocycles. The van der Waals surface area contributed by atoms with Crippen molar-refractivity contribution in [3.63, 3.8) is 0 Å². The predicted octanol–water partition coefficient (Wildman–Crippen LogP) is 1.88. The van der Waals surface area contributed by atoms with Crippen LogP contribution in [-0.4, -0.2) is 28.9 Å². The molecule has 0 radical (unpaired) electrons. The third-order valence-corrected chi connectivity index (χ3v) is 4.64. The number of hydrogen-bond donors (Lipinski definition) is 5. The fourth-order valence-electron chi connectivity index (χ4n) is 2.89. The third-order valence-electron chi connectivity index (χ3n) is 4.41. The second-order valence-electron chi connectivity index (χ2n) is 6.68. The maximum absolute atomic E-state index is 12.1. The van der Waals surface area contributed by atoms with E-state index in [0.29, 0.717) is 11.4 Å². The lowest BCUT2D eigenvalue weighted by Gasteiger charge is -2.21. The molecule has 9 heteroatoms. The van der Waals surface area contributed by atoms with Gasteiger partial charge in [-0.15, -0.1) is 5.10 Å². The number of carbonyl (C=O) groups excluding carboxylic acids is 1. The van der Waals surface area contributed by atoms with Gasteiger partial charge in [-0.05, 0) is 41.7 Å². The van der Waals surface area contributed by atoms with Crippen molar-refractivity contribution in [1.82, 2.24) is 10.9 Å². The lowest BCUT2D eigenvalue weighted by atomic mass is 9.95. The molecule has 29 heavy (non-hydrogen) atoms. The molecule has 2 aromatic rings. The molecule has 0 unspecified atom stereocenters. The molecule has 0 spiro atoms. The molecular weight excluding hydrogens is 394 g/mol. The lowest BCUT2D eigenvalue weighted by molar-refractivity contribution is -0.141. The highest BCUT2D eigenvalue weighted by Crippen LogP contribution is 2.23. The number of nitrogens with two attached hydrogens (primary N) is 2. The Bertz CT molecular complexity index is 886. The van der Waals surface area contributed by atoms with Gasteiger partial charge in [0, 0.05) is 11.1 Å². The van der Waals surface area contributed by atoms with Gasteiger partial charge in [0.1, 0.15) is 0 Å². The van der Waals surface area contributed by atoms with E-state index in [1.165, 1.54) is 0 Å². The lowest BCUT2D eigenvalue weighted by Crippen LogP contribution is -2.45. The van der Waals surface area contributed by atoms with E-state index in [-0.39, 0.29) is 12.3 Å². The fourth-order valence-corrected chi connectivity index (χ4v) is 3.08. The van der Waals surface area contributed by atoms with Crippen molar-refractivity contribution >= 4 is 29.3 Å². The summed E-state index contributed by atoms with van der Waals surface area (Å²) in [6.07, 6.45) is 0.670. The van der Waals surface area contributed by atoms with Gasteiger partial charge in [-0.25, -0.2) is 11.4 Å². The van der Waals surface area contributed by atoms with Crippen LogP contribution in [0.4, 0.5) is 0 Å². The van der Waals surface area contributed by atoms with Crippen molar-refractivity contribution in [3.05, 3.63) is 59.1 Å². The molecule has 0 aliphatic heterocycles. The molecule has 2 atom stereocenters. The zero-order valence-electron chi connectivity index (χ0n) is 15.9. The van der Waals surface area contributed by atoms with Gasteiger partial charge in [0.25, 0.3) is 5.91 Å². The molecule has 8 nitrogen and oxygen atoms in total. The Balaban J connectivity index is 2.15. The van der Waals surface area contributed by atoms with Crippen molar-refractivity contribution in [3.8, 4) is 11.1 Å². The highest BCUT2D eigenvalue weighted by Gasteiger charge is 2.21. The largest absolute Gasteiger partial charge is 0.481 e. The van der Waals surface area contributed by atoms with Gasteiger partial charge in [0.05, 0.1) is 5.92 Å². The number of carboxylic acids is 1. The zero-order valence-corrected chi connectivity index (χ0v) is 16.7. The van der Waals surface area contributed by atoms with E-state index in [9.17, 15) is 14.7 Å². The summed E-state index contributed by atoms with van der Waals surface area (Å²) in [6, 6.07) is 14.9. The van der Waals surface area contributed by atoms with E-state index in [1.807, 2.05) is 54.1 Å². The topological polar surface area (TPSA) is 143 Å². The molecule has 0 fully saturated rings. The summed E-state index contributed by atoms with van der Waals surface area (Å²) in [5.41, 5.74) is 10.4. The Hall–Kier alpha value is -3.10. The molecule has 1 amide bonds. The Labute approximate surface area is 173 Å². The number of hydrazine groups is 1. The summed E-state index contributed by atoms with van der Waals surface area (Å²) in [4.78, 5) is 23.4. The summed E-state index contributed by atoms with van der Waals surface area (Å²) < 4.78 is 0. The van der Waals surface area contributed by atoms with E-state index >= 15 is 0 Å². The van der Waals surface area contributed by atoms with Crippen LogP contribution in [-0.2, 0) is 16.0 Å². The molecule has 2 rings (SSSR count). The summed E-state index contributed by atoms with van der Waals surface area (Å²) in [6.45, 7) is 1.59. The molecule has 0 aromatic heterocycles. The molecule has 0 bridgehead atoms. The van der Waals surface area contributed by atoms with E-state index in [2.05, 4.69) is 10.4 Å². The van der Waals surface area contributed by atoms with E-state index < -0.39 is 23.8 Å². The number of aliphatic carboxylic acids is 1. The maximum Gasteiger partial charge on any atom is 0.306 e. The van der Waals surface area contributed by atoms with Gasteiger partial charge in [-0.3, -0.25) is 9.59 Å². The first-order chi connectivity index (χ1) is 13.8. The Kier molecular flexibility index (Phi) is 7.99. The molecule has 0 saturated carbocycles. The zero-order chi connectivity index (χ0) is 21.4. The van der Waals surface area contributed by atoms with Gasteiger partial charge in [0.15, 0.2) is 0 Å². The number of amides is 1. The summed E-state index contributed by atoms with van der Waals surface area (Å²) in [5.74, 6) is 2.49. The number of nitrogens with one attached hydrogen (secondary N) is 2. The first-order valence-corrected chi connectivity index (χ1v) is 9.35. The van der Waals surface area contributed by atoms with Crippen molar-refractivity contribution < 1.29 is 14.7 Å². The third kappa shape index (κ3) is 6.78. The van der Waals surface area contributed by atoms with Crippen LogP contribution in [0.15, 0.2) is 53.6 Å². The SMILES string of the molecule is C[C@@H](C[C@@H](Cc1ccc(-c2cccc(Cl)c2)cc1)NC(=O)/C(N)=N/NN)C(=O)O. The number of amidine groups is 1. The Morgan fingerprint density at radius 2 is 1.86 bits per heavy atom. The molecule has 0 aliphatic carbocycles. The van der Waals surface area contributed by atoms with Gasteiger partial charge in [0.2, 0.25) is 5.84 Å². The Morgan fingerprint density at radius 3 is 2.45 bits per heavy atom. The van der Waals surface area contributed by atoms with Gasteiger partial charge >= 0.3 is 5.97 Å². The van der Waals surface area contributed by atoms with Crippen LogP contribution >= 0.6 is 11.6 Å². The minimum Gasteiger partial charge on any atom is -0.481 e. The second kappa shape index (κ2) is 10.4. The Morgan fingerprint density at radius 1 is 1.17 bits per heavy atom. The van der Waals surface area contributed by atoms with Crippen molar-refractivity contribution in [2.24, 2.45) is 22.6 Å². The molecule has 0 aliphatic rings. The first kappa shape index (κ1) is 22.2. The second-order valence-corrected chi connectivity index (χ2v) is 7.12. The number of hydrogen-bond acceptors (Lipinski definition) is 5. The molecule has 154 valence electrons. The quantitative estimate of drug-likeness (QED) is 0.192. The molecule has 0 heterocycles. The summed E-state index contributed by atoms with van der Waals surface area (Å²) in [7, 11) is 0. The van der Waals surface area contributed by atoms with E-state index in [4.69, 9.17) is 23.2 Å². The van der Waals surface area contributed by atoms with Gasteiger partial charge in [-0.2, -0.15) is 0 Å². The smallest absolute Gasteiger partial charge is 0.306 e. The van der Waals surface area contributed by atoms with Gasteiger partial charge in [-0.1, -0.05) is 54.9 Å². The normalized spacial score (nSPS) is 13.4. The van der Waals surface area contributed by atoms with Crippen LogP contribution in [0.5, 0.6) is 0 Å². The minimum atomic E-state index is -0.939. The van der Waals surface area contributed by atoms with E-state index in [1.54, 1.807) is 6.92 Å². The number of halogens is 1. The highest BCUT2D eigenvalue weighted by molar-refractivity contribution is 6.37. The highest BCUT2D eigenvalue weighted by atomic mass is 35.5. The number of nitrogens with zero attached hydrogens (tertiary/aromatic N) is 1. The number of carbonyl (C=O) groups is 2. The number of rotatable bonds is 8. The van der Waals surface area contributed by atoms with Crippen LogP contribution < -0.4 is 22.4 Å². The average molecular weight is 418 g/mol. The average Bonchev–Trinajstić information content (AvgIpc) is 2.68. The van der Waals surface area contributed by atoms with E-state index in [0.717, 1.165) is 16.7 Å². The number of hydrazone groups is 1. The summed E-state index contributed by atoms with van der Waals surface area (Å²) >= 11 is 6.04. The standard InChI is InChI=1S/C20H24ClN5O3/c1-12(20(28)29)9-17(24-19(27)18(22)25-26-23)10-13-5-7-14(8-6-13)15-3-2-4-16(21)11-15/h2-8,11-12,17,26H,9-10,23H2,1H3,(H2,22,25)(H,24,27)(H,28,29)/t12-,17-/m0/s1.